The zero-order valence-electron chi connectivity index (χ0n) is 15.0. The molecule has 0 amide bonds. The second kappa shape index (κ2) is 7.38. The van der Waals surface area contributed by atoms with Crippen molar-refractivity contribution in [1.29, 1.82) is 0 Å². The van der Waals surface area contributed by atoms with Gasteiger partial charge in [0, 0.05) is 11.1 Å². The van der Waals surface area contributed by atoms with Crippen LogP contribution in [-0.2, 0) is 0 Å². The van der Waals surface area contributed by atoms with Gasteiger partial charge < -0.3 is 9.47 Å². The molecule has 0 radical (unpaired) electrons. The second-order valence-corrected chi connectivity index (χ2v) is 10.4. The van der Waals surface area contributed by atoms with E-state index in [1.807, 2.05) is 0 Å². The molecule has 0 unspecified atom stereocenters. The molecule has 0 saturated carbocycles. The van der Waals surface area contributed by atoms with Gasteiger partial charge in [0.1, 0.15) is 11.5 Å². The Labute approximate surface area is 165 Å². The lowest BCUT2D eigenvalue weighted by Gasteiger charge is -2.23. The fourth-order valence-corrected chi connectivity index (χ4v) is 7.55. The van der Waals surface area contributed by atoms with E-state index in [4.69, 9.17) is 9.47 Å². The highest BCUT2D eigenvalue weighted by molar-refractivity contribution is 6.42. The van der Waals surface area contributed by atoms with Gasteiger partial charge in [0.25, 0.3) is 65.2 Å². The van der Waals surface area contributed by atoms with Crippen molar-refractivity contribution in [2.45, 2.75) is 13.8 Å². The topological polar surface area (TPSA) is 18.5 Å². The predicted octanol–water partition coefficient (Wildman–Crippen LogP) is -2.98. The molecule has 0 aromatic heterocycles. The molecule has 0 aliphatic rings. The van der Waals surface area contributed by atoms with Gasteiger partial charge in [0.2, 0.25) is 0 Å². The average molecular weight is 354 g/mol. The molecule has 0 bridgehead atoms. The van der Waals surface area contributed by atoms with E-state index in [0.29, 0.717) is 0 Å². The Kier molecular flexibility index (Phi) is 6.21. The van der Waals surface area contributed by atoms with Gasteiger partial charge in [-0.15, -0.1) is 8.85 Å². The number of hydrogen-bond donors (Lipinski definition) is 0. The normalized spacial score (nSPS) is 10.5. The molecule has 110 valence electrons. The SMILES string of the molecule is COc1[c]([AlH2])c[c]([AlH2])c(C)c1-c1c(C)[c]([AlH2])c[c]([AlH2])c1OC. The van der Waals surface area contributed by atoms with Gasteiger partial charge in [-0.05, 0) is 13.8 Å². The molecule has 0 aliphatic heterocycles. The molecule has 22 heavy (non-hydrogen) atoms. The van der Waals surface area contributed by atoms with Crippen molar-refractivity contribution in [3.63, 3.8) is 0 Å². The van der Waals surface area contributed by atoms with E-state index in [9.17, 15) is 0 Å². The molecule has 0 atom stereocenters. The first-order valence-corrected chi connectivity index (χ1v) is 11.6. The zero-order chi connectivity index (χ0) is 16.6. The number of hydrogen-bond acceptors (Lipinski definition) is 2. The smallest absolute Gasteiger partial charge is 0.264 e. The highest BCUT2D eigenvalue weighted by atomic mass is 27.1. The first-order valence-electron chi connectivity index (χ1n) is 7.63. The van der Waals surface area contributed by atoms with Gasteiger partial charge in [0.05, 0.1) is 14.2 Å². The molecule has 2 aromatic carbocycles. The van der Waals surface area contributed by atoms with Crippen LogP contribution in [0.4, 0.5) is 0 Å². The van der Waals surface area contributed by atoms with Gasteiger partial charge in [-0.3, -0.25) is 0 Å². The maximum atomic E-state index is 5.82. The monoisotopic (exact) mass is 354 g/mol. The Balaban J connectivity index is 3.00. The Morgan fingerprint density at radius 2 is 0.955 bits per heavy atom. The lowest BCUT2D eigenvalue weighted by Crippen LogP contribution is -2.24. The molecular formula is C16H22Al4O2. The third kappa shape index (κ3) is 3.19. The minimum atomic E-state index is 0.999. The van der Waals surface area contributed by atoms with Crippen LogP contribution in [0, 0.1) is 13.8 Å². The highest BCUT2D eigenvalue weighted by Crippen LogP contribution is 2.37. The van der Waals surface area contributed by atoms with Crippen molar-refractivity contribution >= 4 is 82.9 Å². The van der Waals surface area contributed by atoms with Crippen LogP contribution in [0.3, 0.4) is 0 Å². The maximum absolute atomic E-state index is 5.82. The van der Waals surface area contributed by atoms with Crippen LogP contribution in [0.5, 0.6) is 11.5 Å². The Bertz CT molecular complexity index is 678. The Hall–Kier alpha value is 0.170. The van der Waals surface area contributed by atoms with Crippen LogP contribution in [0.1, 0.15) is 11.1 Å². The van der Waals surface area contributed by atoms with E-state index < -0.39 is 0 Å². The maximum Gasteiger partial charge on any atom is 0.264 e. The first kappa shape index (κ1) is 18.5. The van der Waals surface area contributed by atoms with Crippen molar-refractivity contribution in [3.8, 4) is 22.6 Å². The van der Waals surface area contributed by atoms with Crippen LogP contribution < -0.4 is 27.2 Å². The van der Waals surface area contributed by atoms with Crippen LogP contribution in [0.2, 0.25) is 0 Å². The number of methoxy groups -OCH3 is 2. The summed E-state index contributed by atoms with van der Waals surface area (Å²) in [6.07, 6.45) is 0. The standard InChI is InChI=1S/C16H14O2.4Al.8H/c1-11-7-5-9-13(17-3)15(11)16-12(2)8-6-10-14(16)18-4;;;;;;;;;;;;/h5-6H,1-4H3;;;;;;;;;;;;. The van der Waals surface area contributed by atoms with E-state index in [2.05, 4.69) is 26.0 Å². The van der Waals surface area contributed by atoms with Gasteiger partial charge in [0.15, 0.2) is 0 Å². The lowest BCUT2D eigenvalue weighted by atomic mass is 9.94. The average Bonchev–Trinajstić information content (AvgIpc) is 2.46. The van der Waals surface area contributed by atoms with E-state index in [1.54, 1.807) is 14.2 Å². The van der Waals surface area contributed by atoms with Crippen molar-refractivity contribution in [2.24, 2.45) is 0 Å². The van der Waals surface area contributed by atoms with E-state index >= 15 is 0 Å². The fourth-order valence-electron chi connectivity index (χ4n) is 3.25. The zero-order valence-corrected chi connectivity index (χ0v) is 23.0. The van der Waals surface area contributed by atoms with Crippen LogP contribution in [0.25, 0.3) is 11.1 Å². The quantitative estimate of drug-likeness (QED) is 0.548. The molecular weight excluding hydrogens is 332 g/mol. The van der Waals surface area contributed by atoms with Crippen molar-refractivity contribution in [2.75, 3.05) is 14.2 Å². The third-order valence-electron chi connectivity index (χ3n) is 4.63. The number of rotatable bonds is 3. The van der Waals surface area contributed by atoms with E-state index in [0.717, 1.165) is 76.7 Å². The van der Waals surface area contributed by atoms with Crippen LogP contribution in [0.15, 0.2) is 12.1 Å². The summed E-state index contributed by atoms with van der Waals surface area (Å²) in [6.45, 7) is 4.46. The molecule has 0 saturated heterocycles. The summed E-state index contributed by atoms with van der Waals surface area (Å²) in [5.41, 5.74) is 5.25. The molecule has 2 nitrogen and oxygen atoms in total. The Morgan fingerprint density at radius 3 is 1.23 bits per heavy atom. The second-order valence-electron chi connectivity index (χ2n) is 6.09. The fraction of sp³-hybridized carbons (Fsp3) is 0.250. The minimum Gasteiger partial charge on any atom is -0.497 e. The molecule has 0 fully saturated rings. The highest BCUT2D eigenvalue weighted by Gasteiger charge is 2.21. The van der Waals surface area contributed by atoms with Crippen molar-refractivity contribution in [3.05, 3.63) is 23.3 Å². The largest absolute Gasteiger partial charge is 0.497 e. The summed E-state index contributed by atoms with van der Waals surface area (Å²) in [6, 6.07) is 4.65. The number of ether oxygens (including phenoxy) is 2. The van der Waals surface area contributed by atoms with Crippen molar-refractivity contribution in [1.82, 2.24) is 0 Å². The van der Waals surface area contributed by atoms with Crippen LogP contribution >= 0.6 is 0 Å². The minimum absolute atomic E-state index is 0.999. The summed E-state index contributed by atoms with van der Waals surface area (Å²) >= 11 is 4.12. The molecule has 2 aromatic rings. The summed E-state index contributed by atoms with van der Waals surface area (Å²) in [4.78, 5) is 0. The molecule has 6 heteroatoms. The summed E-state index contributed by atoms with van der Waals surface area (Å²) in [5.74, 6) is 2.11. The van der Waals surface area contributed by atoms with Gasteiger partial charge in [-0.1, -0.05) is 32.1 Å². The van der Waals surface area contributed by atoms with Crippen LogP contribution in [-0.4, -0.2) is 79.4 Å². The van der Waals surface area contributed by atoms with E-state index in [1.165, 1.54) is 40.0 Å². The first-order chi connectivity index (χ1) is 10.3. The summed E-state index contributed by atoms with van der Waals surface area (Å²) < 4.78 is 17.3. The lowest BCUT2D eigenvalue weighted by molar-refractivity contribution is 0.413. The molecule has 0 aliphatic carbocycles. The molecule has 0 spiro atoms. The predicted molar refractivity (Wildman–Crippen MR) is 107 cm³/mol. The van der Waals surface area contributed by atoms with Gasteiger partial charge in [-0.25, -0.2) is 0 Å². The number of benzene rings is 2. The molecule has 2 rings (SSSR count). The van der Waals surface area contributed by atoms with Gasteiger partial charge in [-0.2, -0.15) is 0 Å². The van der Waals surface area contributed by atoms with Gasteiger partial charge >= 0.3 is 0 Å². The summed E-state index contributed by atoms with van der Waals surface area (Å²) in [7, 11) is 3.58. The molecule has 0 heterocycles. The van der Waals surface area contributed by atoms with E-state index in [-0.39, 0.29) is 0 Å². The molecule has 0 N–H and O–H groups in total. The third-order valence-corrected chi connectivity index (χ3v) is 8.19. The Morgan fingerprint density at radius 1 is 0.636 bits per heavy atom. The van der Waals surface area contributed by atoms with Crippen molar-refractivity contribution < 1.29 is 9.47 Å². The summed E-state index contributed by atoms with van der Waals surface area (Å²) in [5, 5.41) is 0.